The molecule has 7 heteroatoms. The molecule has 0 radical (unpaired) electrons. The molecule has 0 saturated carbocycles. The van der Waals surface area contributed by atoms with Crippen molar-refractivity contribution < 1.29 is 16.8 Å². The van der Waals surface area contributed by atoms with Crippen LogP contribution in [0.25, 0.3) is 0 Å². The smallest absolute Gasteiger partial charge is 0.176 e. The van der Waals surface area contributed by atoms with E-state index in [9.17, 15) is 16.8 Å². The van der Waals surface area contributed by atoms with E-state index in [1.807, 2.05) is 0 Å². The Morgan fingerprint density at radius 2 is 1.56 bits per heavy atom. The first-order chi connectivity index (χ1) is 8.01. The van der Waals surface area contributed by atoms with Gasteiger partial charge in [-0.25, -0.2) is 16.8 Å². The summed E-state index contributed by atoms with van der Waals surface area (Å²) in [6.07, 6.45) is 2.47. The first-order valence-corrected chi connectivity index (χ1v) is 9.08. The Hall–Kier alpha value is -0.920. The number of hydrogen-bond acceptors (Lipinski definition) is 5. The van der Waals surface area contributed by atoms with Crippen molar-refractivity contribution in [2.24, 2.45) is 5.73 Å². The second-order valence-corrected chi connectivity index (χ2v) is 8.48. The second kappa shape index (κ2) is 4.99. The lowest BCUT2D eigenvalue weighted by atomic mass is 10.1. The van der Waals surface area contributed by atoms with Crippen LogP contribution in [-0.4, -0.2) is 35.4 Å². The summed E-state index contributed by atoms with van der Waals surface area (Å²) in [4.78, 5) is -0.332. The normalized spacial score (nSPS) is 14.4. The Balaban J connectivity index is 3.50. The molecule has 0 bridgehead atoms. The Labute approximate surface area is 108 Å². The van der Waals surface area contributed by atoms with Gasteiger partial charge in [0.25, 0.3) is 0 Å². The van der Waals surface area contributed by atoms with Crippen LogP contribution in [0.5, 0.6) is 0 Å². The van der Waals surface area contributed by atoms with Gasteiger partial charge in [-0.2, -0.15) is 0 Å². The molecule has 0 aliphatic carbocycles. The van der Waals surface area contributed by atoms with Crippen molar-refractivity contribution in [1.82, 2.24) is 0 Å². The fourth-order valence-electron chi connectivity index (χ4n) is 1.65. The van der Waals surface area contributed by atoms with Gasteiger partial charge in [0.1, 0.15) is 0 Å². The van der Waals surface area contributed by atoms with E-state index in [0.717, 1.165) is 12.5 Å². The molecule has 18 heavy (non-hydrogen) atoms. The van der Waals surface area contributed by atoms with E-state index < -0.39 is 19.7 Å². The fraction of sp³-hybridized carbons (Fsp3) is 0.455. The SMILES string of the molecule is CC(N)Cc1ccc(S(C)(=O)=O)c(S(C)(=O)=O)c1. The molecule has 2 N–H and O–H groups in total. The topological polar surface area (TPSA) is 94.3 Å². The molecule has 1 aromatic rings. The number of sulfone groups is 2. The molecule has 0 aliphatic heterocycles. The minimum absolute atomic E-state index is 0.124. The van der Waals surface area contributed by atoms with Crippen LogP contribution < -0.4 is 5.73 Å². The molecule has 1 rings (SSSR count). The van der Waals surface area contributed by atoms with Gasteiger partial charge in [-0.3, -0.25) is 0 Å². The molecule has 0 spiro atoms. The average Bonchev–Trinajstić information content (AvgIpc) is 2.13. The summed E-state index contributed by atoms with van der Waals surface area (Å²) in [7, 11) is -7.17. The molecule has 0 amide bonds. The molecule has 0 heterocycles. The van der Waals surface area contributed by atoms with Crippen molar-refractivity contribution in [3.05, 3.63) is 23.8 Å². The summed E-state index contributed by atoms with van der Waals surface area (Å²) < 4.78 is 46.4. The zero-order chi connectivity index (χ0) is 14.1. The molecule has 0 fully saturated rings. The van der Waals surface area contributed by atoms with Gasteiger partial charge in [-0.15, -0.1) is 0 Å². The quantitative estimate of drug-likeness (QED) is 0.865. The lowest BCUT2D eigenvalue weighted by Gasteiger charge is -2.10. The van der Waals surface area contributed by atoms with Crippen LogP contribution in [-0.2, 0) is 26.1 Å². The second-order valence-electron chi connectivity index (χ2n) is 4.51. The van der Waals surface area contributed by atoms with Gasteiger partial charge in [0.05, 0.1) is 9.79 Å². The van der Waals surface area contributed by atoms with Gasteiger partial charge < -0.3 is 5.73 Å². The van der Waals surface area contributed by atoms with Crippen LogP contribution in [0.1, 0.15) is 12.5 Å². The lowest BCUT2D eigenvalue weighted by Crippen LogP contribution is -2.18. The molecule has 5 nitrogen and oxygen atoms in total. The molecular formula is C11H17NO4S2. The number of nitrogens with two attached hydrogens (primary N) is 1. The maximum Gasteiger partial charge on any atom is 0.176 e. The largest absolute Gasteiger partial charge is 0.328 e. The summed E-state index contributed by atoms with van der Waals surface area (Å²) in [5.74, 6) is 0. The van der Waals surface area contributed by atoms with Crippen molar-refractivity contribution in [1.29, 1.82) is 0 Å². The van der Waals surface area contributed by atoms with E-state index in [0.29, 0.717) is 12.0 Å². The van der Waals surface area contributed by atoms with Gasteiger partial charge >= 0.3 is 0 Å². The molecular weight excluding hydrogens is 274 g/mol. The highest BCUT2D eigenvalue weighted by Crippen LogP contribution is 2.23. The Bertz CT molecular complexity index is 646. The van der Waals surface area contributed by atoms with Crippen molar-refractivity contribution in [2.75, 3.05) is 12.5 Å². The zero-order valence-electron chi connectivity index (χ0n) is 10.5. The maximum absolute atomic E-state index is 11.6. The lowest BCUT2D eigenvalue weighted by molar-refractivity contribution is 0.588. The van der Waals surface area contributed by atoms with Crippen LogP contribution in [0.4, 0.5) is 0 Å². The zero-order valence-corrected chi connectivity index (χ0v) is 12.2. The van der Waals surface area contributed by atoms with Crippen LogP contribution in [0.15, 0.2) is 28.0 Å². The third kappa shape index (κ3) is 3.79. The summed E-state index contributed by atoms with van der Waals surface area (Å²) in [6.45, 7) is 1.80. The van der Waals surface area contributed by atoms with Crippen molar-refractivity contribution in [3.63, 3.8) is 0 Å². The van der Waals surface area contributed by atoms with Gasteiger partial charge in [-0.05, 0) is 31.0 Å². The van der Waals surface area contributed by atoms with E-state index in [1.165, 1.54) is 12.1 Å². The van der Waals surface area contributed by atoms with Crippen molar-refractivity contribution >= 4 is 19.7 Å². The third-order valence-corrected chi connectivity index (χ3v) is 4.79. The highest BCUT2D eigenvalue weighted by atomic mass is 32.2. The first kappa shape index (κ1) is 15.1. The van der Waals surface area contributed by atoms with Gasteiger partial charge in [0.2, 0.25) is 0 Å². The Morgan fingerprint density at radius 3 is 1.94 bits per heavy atom. The standard InChI is InChI=1S/C11H17NO4S2/c1-8(12)6-9-4-5-10(17(2,13)14)11(7-9)18(3,15)16/h4-5,7-8H,6,12H2,1-3H3. The number of hydrogen-bond donors (Lipinski definition) is 1. The highest BCUT2D eigenvalue weighted by Gasteiger charge is 2.21. The van der Waals surface area contributed by atoms with E-state index >= 15 is 0 Å². The van der Waals surface area contributed by atoms with Crippen LogP contribution in [0.2, 0.25) is 0 Å². The van der Waals surface area contributed by atoms with Crippen molar-refractivity contribution in [3.8, 4) is 0 Å². The van der Waals surface area contributed by atoms with Gasteiger partial charge in [0.15, 0.2) is 19.7 Å². The number of benzene rings is 1. The monoisotopic (exact) mass is 291 g/mol. The molecule has 1 unspecified atom stereocenters. The predicted octanol–water partition coefficient (Wildman–Crippen LogP) is 0.383. The molecule has 102 valence electrons. The summed E-state index contributed by atoms with van der Waals surface area (Å²) in [5, 5.41) is 0. The molecule has 0 saturated heterocycles. The maximum atomic E-state index is 11.6. The van der Waals surface area contributed by atoms with Crippen LogP contribution >= 0.6 is 0 Å². The molecule has 1 aromatic carbocycles. The highest BCUT2D eigenvalue weighted by molar-refractivity contribution is 7.93. The Morgan fingerprint density at radius 1 is 1.06 bits per heavy atom. The fourth-order valence-corrected chi connectivity index (χ4v) is 4.09. The molecule has 0 aromatic heterocycles. The van der Waals surface area contributed by atoms with Gasteiger partial charge in [-0.1, -0.05) is 6.07 Å². The average molecular weight is 291 g/mol. The Kier molecular flexibility index (Phi) is 4.19. The molecule has 0 aliphatic rings. The summed E-state index contributed by atoms with van der Waals surface area (Å²) in [6, 6.07) is 4.17. The summed E-state index contributed by atoms with van der Waals surface area (Å²) in [5.41, 5.74) is 6.35. The minimum atomic E-state index is -3.59. The third-order valence-electron chi connectivity index (χ3n) is 2.36. The predicted molar refractivity (Wildman–Crippen MR) is 70.0 cm³/mol. The van der Waals surface area contributed by atoms with E-state index in [2.05, 4.69) is 0 Å². The van der Waals surface area contributed by atoms with E-state index in [1.54, 1.807) is 13.0 Å². The van der Waals surface area contributed by atoms with E-state index in [4.69, 9.17) is 5.73 Å². The summed E-state index contributed by atoms with van der Waals surface area (Å²) >= 11 is 0. The molecule has 1 atom stereocenters. The van der Waals surface area contributed by atoms with Gasteiger partial charge in [0, 0.05) is 18.6 Å². The van der Waals surface area contributed by atoms with Crippen LogP contribution in [0, 0.1) is 0 Å². The first-order valence-electron chi connectivity index (χ1n) is 5.30. The van der Waals surface area contributed by atoms with Crippen molar-refractivity contribution in [2.45, 2.75) is 29.2 Å². The number of rotatable bonds is 4. The minimum Gasteiger partial charge on any atom is -0.328 e. The van der Waals surface area contributed by atoms with E-state index in [-0.39, 0.29) is 15.8 Å². The van der Waals surface area contributed by atoms with Crippen LogP contribution in [0.3, 0.4) is 0 Å².